The molecule has 3 N–H and O–H groups in total. The summed E-state index contributed by atoms with van der Waals surface area (Å²) in [4.78, 5) is 5.78. The average molecular weight is 551 g/mol. The summed E-state index contributed by atoms with van der Waals surface area (Å²) in [5.74, 6) is -0.525. The Kier molecular flexibility index (Phi) is 7.65. The standard InChI is InChI=1S/C23H20F7N3O3S/c24-16-3-1-12(2-4-16)19-20(35-6-5-33(19)18-10-32-21(31)37-18)36-17(11-34)13-7-14(22(25,26)27)9-15(8-13)23(28,29)30/h1-4,7-10,17,19-20,34H,5-6,11H2,(H2,31,32)/t17-,19+,20-/m1/s1. The maximum atomic E-state index is 13.6. The summed E-state index contributed by atoms with van der Waals surface area (Å²) in [6, 6.07) is 5.42. The topological polar surface area (TPSA) is 80.8 Å². The van der Waals surface area contributed by atoms with Crippen LogP contribution in [0.3, 0.4) is 0 Å². The number of ether oxygens (including phenoxy) is 2. The van der Waals surface area contributed by atoms with Gasteiger partial charge in [-0.05, 0) is 41.5 Å². The number of morpholine rings is 1. The molecule has 1 aliphatic rings. The molecule has 0 saturated carbocycles. The van der Waals surface area contributed by atoms with Crippen molar-refractivity contribution in [3.63, 3.8) is 0 Å². The Balaban J connectivity index is 1.73. The molecule has 6 nitrogen and oxygen atoms in total. The van der Waals surface area contributed by atoms with Crippen molar-refractivity contribution in [2.75, 3.05) is 30.4 Å². The van der Waals surface area contributed by atoms with Crippen LogP contribution in [0.2, 0.25) is 0 Å². The van der Waals surface area contributed by atoms with Crippen LogP contribution >= 0.6 is 11.3 Å². The van der Waals surface area contributed by atoms with Crippen LogP contribution < -0.4 is 10.6 Å². The van der Waals surface area contributed by atoms with Crippen molar-refractivity contribution in [2.45, 2.75) is 30.8 Å². The molecule has 0 unspecified atom stereocenters. The first-order chi connectivity index (χ1) is 17.4. The van der Waals surface area contributed by atoms with Crippen LogP contribution in [-0.2, 0) is 21.8 Å². The number of alkyl halides is 6. The molecular formula is C23H20F7N3O3S. The van der Waals surface area contributed by atoms with Crippen LogP contribution in [0, 0.1) is 5.82 Å². The molecule has 3 atom stereocenters. The van der Waals surface area contributed by atoms with E-state index in [9.17, 15) is 35.8 Å². The average Bonchev–Trinajstić information content (AvgIpc) is 3.27. The number of nitrogens with zero attached hydrogens (tertiary/aromatic N) is 2. The fourth-order valence-corrected chi connectivity index (χ4v) is 4.71. The minimum Gasteiger partial charge on any atom is -0.393 e. The van der Waals surface area contributed by atoms with Gasteiger partial charge in [0.25, 0.3) is 0 Å². The van der Waals surface area contributed by atoms with Gasteiger partial charge in [-0.1, -0.05) is 23.5 Å². The molecule has 2 heterocycles. The first kappa shape index (κ1) is 27.1. The molecule has 0 bridgehead atoms. The normalized spacial score (nSPS) is 19.7. The van der Waals surface area contributed by atoms with Gasteiger partial charge in [-0.2, -0.15) is 26.3 Å². The van der Waals surface area contributed by atoms with E-state index < -0.39 is 59.9 Å². The molecule has 200 valence electrons. The number of hydrogen-bond acceptors (Lipinski definition) is 7. The highest BCUT2D eigenvalue weighted by molar-refractivity contribution is 7.19. The van der Waals surface area contributed by atoms with Crippen molar-refractivity contribution in [1.82, 2.24) is 4.98 Å². The number of aliphatic hydroxyl groups is 1. The van der Waals surface area contributed by atoms with E-state index in [1.54, 1.807) is 4.90 Å². The summed E-state index contributed by atoms with van der Waals surface area (Å²) >= 11 is 1.14. The number of aromatic nitrogens is 1. The van der Waals surface area contributed by atoms with Crippen LogP contribution in [0.5, 0.6) is 0 Å². The molecule has 2 aromatic carbocycles. The molecule has 14 heteroatoms. The molecule has 3 aromatic rings. The Morgan fingerprint density at radius 2 is 1.70 bits per heavy atom. The van der Waals surface area contributed by atoms with Crippen LogP contribution in [0.1, 0.15) is 34.4 Å². The van der Waals surface area contributed by atoms with Gasteiger partial charge in [-0.15, -0.1) is 0 Å². The van der Waals surface area contributed by atoms with Crippen molar-refractivity contribution < 1.29 is 45.3 Å². The molecule has 1 aromatic heterocycles. The summed E-state index contributed by atoms with van der Waals surface area (Å²) in [6.45, 7) is -0.577. The predicted octanol–water partition coefficient (Wildman–Crippen LogP) is 5.56. The number of rotatable bonds is 6. The third kappa shape index (κ3) is 6.14. The summed E-state index contributed by atoms with van der Waals surface area (Å²) in [5.41, 5.74) is 2.62. The highest BCUT2D eigenvalue weighted by Crippen LogP contribution is 2.41. The molecule has 4 rings (SSSR count). The second-order valence-electron chi connectivity index (χ2n) is 8.11. The van der Waals surface area contributed by atoms with Gasteiger partial charge in [0.15, 0.2) is 11.4 Å². The van der Waals surface area contributed by atoms with Crippen molar-refractivity contribution in [3.05, 3.63) is 76.7 Å². The zero-order valence-electron chi connectivity index (χ0n) is 18.8. The Hall–Kier alpha value is -2.94. The SMILES string of the molecule is Nc1ncc(N2CCO[C@H](O[C@H](CO)c3cc(C(F)(F)F)cc(C(F)(F)F)c3)[C@@H]2c2ccc(F)cc2)s1. The lowest BCUT2D eigenvalue weighted by atomic mass is 10.00. The Morgan fingerprint density at radius 1 is 1.08 bits per heavy atom. The fourth-order valence-electron chi connectivity index (χ4n) is 3.97. The van der Waals surface area contributed by atoms with Crippen LogP contribution in [-0.4, -0.2) is 36.1 Å². The molecule has 1 saturated heterocycles. The molecule has 1 fully saturated rings. The van der Waals surface area contributed by atoms with Gasteiger partial charge in [0.2, 0.25) is 0 Å². The summed E-state index contributed by atoms with van der Waals surface area (Å²) < 4.78 is 105. The third-order valence-corrected chi connectivity index (χ3v) is 6.52. The zero-order valence-corrected chi connectivity index (χ0v) is 19.6. The number of benzene rings is 2. The molecule has 1 aliphatic heterocycles. The lowest BCUT2D eigenvalue weighted by Gasteiger charge is -2.42. The maximum Gasteiger partial charge on any atom is 0.416 e. The van der Waals surface area contributed by atoms with Crippen molar-refractivity contribution >= 4 is 21.5 Å². The lowest BCUT2D eigenvalue weighted by Crippen LogP contribution is -2.47. The van der Waals surface area contributed by atoms with E-state index in [-0.39, 0.29) is 17.8 Å². The van der Waals surface area contributed by atoms with Crippen LogP contribution in [0.4, 0.5) is 40.9 Å². The Labute approximate surface area is 210 Å². The van der Waals surface area contributed by atoms with Gasteiger partial charge < -0.3 is 25.2 Å². The summed E-state index contributed by atoms with van der Waals surface area (Å²) in [7, 11) is 0. The number of hydrogen-bond donors (Lipinski definition) is 2. The Morgan fingerprint density at radius 3 is 2.22 bits per heavy atom. The van der Waals surface area contributed by atoms with Gasteiger partial charge in [0.1, 0.15) is 23.0 Å². The summed E-state index contributed by atoms with van der Waals surface area (Å²) in [5, 5.41) is 10.8. The second-order valence-corrected chi connectivity index (χ2v) is 9.15. The molecular weight excluding hydrogens is 531 g/mol. The zero-order chi connectivity index (χ0) is 27.0. The molecule has 0 spiro atoms. The molecule has 0 radical (unpaired) electrons. The number of nitrogen functional groups attached to an aromatic ring is 1. The van der Waals surface area contributed by atoms with Gasteiger partial charge >= 0.3 is 12.4 Å². The van der Waals surface area contributed by atoms with Gasteiger partial charge in [-0.25, -0.2) is 9.37 Å². The van der Waals surface area contributed by atoms with Crippen molar-refractivity contribution in [3.8, 4) is 0 Å². The van der Waals surface area contributed by atoms with E-state index in [0.717, 1.165) is 11.3 Å². The third-order valence-electron chi connectivity index (χ3n) is 5.66. The van der Waals surface area contributed by atoms with Crippen LogP contribution in [0.25, 0.3) is 0 Å². The lowest BCUT2D eigenvalue weighted by molar-refractivity contribution is -0.202. The largest absolute Gasteiger partial charge is 0.416 e. The quantitative estimate of drug-likeness (QED) is 0.391. The van der Waals surface area contributed by atoms with Gasteiger partial charge in [0, 0.05) is 6.54 Å². The van der Waals surface area contributed by atoms with E-state index in [0.29, 0.717) is 29.2 Å². The van der Waals surface area contributed by atoms with Gasteiger partial charge in [-0.3, -0.25) is 0 Å². The first-order valence-corrected chi connectivity index (χ1v) is 11.6. The van der Waals surface area contributed by atoms with E-state index in [4.69, 9.17) is 15.2 Å². The first-order valence-electron chi connectivity index (χ1n) is 10.8. The predicted molar refractivity (Wildman–Crippen MR) is 120 cm³/mol. The van der Waals surface area contributed by atoms with E-state index in [1.807, 2.05) is 0 Å². The highest BCUT2D eigenvalue weighted by Gasteiger charge is 2.40. The molecule has 0 amide bonds. The smallest absolute Gasteiger partial charge is 0.393 e. The minimum absolute atomic E-state index is 0.00765. The monoisotopic (exact) mass is 551 g/mol. The van der Waals surface area contributed by atoms with E-state index in [2.05, 4.69) is 4.98 Å². The summed E-state index contributed by atoms with van der Waals surface area (Å²) in [6.07, 6.45) is -11.5. The number of thiazole rings is 1. The van der Waals surface area contributed by atoms with E-state index in [1.165, 1.54) is 30.5 Å². The molecule has 0 aliphatic carbocycles. The Bertz CT molecular complexity index is 1190. The molecule has 37 heavy (non-hydrogen) atoms. The maximum absolute atomic E-state index is 13.6. The highest BCUT2D eigenvalue weighted by atomic mass is 32.1. The van der Waals surface area contributed by atoms with Crippen molar-refractivity contribution in [2.24, 2.45) is 0 Å². The van der Waals surface area contributed by atoms with Crippen LogP contribution in [0.15, 0.2) is 48.7 Å². The number of nitrogens with two attached hydrogens (primary N) is 1. The fraction of sp³-hybridized carbons (Fsp3) is 0.348. The van der Waals surface area contributed by atoms with E-state index >= 15 is 0 Å². The number of anilines is 2. The van der Waals surface area contributed by atoms with Gasteiger partial charge in [0.05, 0.1) is 30.5 Å². The number of aliphatic hydroxyl groups excluding tert-OH is 1. The minimum atomic E-state index is -5.07. The second kappa shape index (κ2) is 10.4. The van der Waals surface area contributed by atoms with Crippen molar-refractivity contribution in [1.29, 1.82) is 0 Å². The number of halogens is 7.